The summed E-state index contributed by atoms with van der Waals surface area (Å²) in [5, 5.41) is 3.35. The van der Waals surface area contributed by atoms with E-state index in [-0.39, 0.29) is 0 Å². The van der Waals surface area contributed by atoms with Gasteiger partial charge in [0.25, 0.3) is 0 Å². The molecule has 0 radical (unpaired) electrons. The molecular formula is C12H18N2O. The fourth-order valence-electron chi connectivity index (χ4n) is 1.90. The van der Waals surface area contributed by atoms with E-state index in [1.165, 1.54) is 12.8 Å². The molecule has 1 fully saturated rings. The Morgan fingerprint density at radius 1 is 1.47 bits per heavy atom. The summed E-state index contributed by atoms with van der Waals surface area (Å²) in [6, 6.07) is 7.84. The van der Waals surface area contributed by atoms with Gasteiger partial charge in [-0.05, 0) is 37.5 Å². The fourth-order valence-corrected chi connectivity index (χ4v) is 1.90. The Hall–Kier alpha value is -1.22. The second-order valence-electron chi connectivity index (χ2n) is 3.98. The number of nitrogens with one attached hydrogen (secondary N) is 1. The molecule has 1 heterocycles. The standard InChI is InChI=1S/C12H18N2O/c13-10-3-1-4-11(9-10)14-7-6-12-5-2-8-15-12/h1,3-4,9,12,14H,2,5-8,13H2. The zero-order valence-corrected chi connectivity index (χ0v) is 8.91. The van der Waals surface area contributed by atoms with Gasteiger partial charge in [-0.15, -0.1) is 0 Å². The van der Waals surface area contributed by atoms with Crippen LogP contribution in [0, 0.1) is 0 Å². The van der Waals surface area contributed by atoms with Gasteiger partial charge in [-0.1, -0.05) is 6.07 Å². The zero-order chi connectivity index (χ0) is 10.5. The molecule has 3 N–H and O–H groups in total. The molecule has 3 nitrogen and oxygen atoms in total. The number of nitrogens with two attached hydrogens (primary N) is 1. The van der Waals surface area contributed by atoms with Crippen LogP contribution in [0.15, 0.2) is 24.3 Å². The van der Waals surface area contributed by atoms with Crippen LogP contribution >= 0.6 is 0 Å². The largest absolute Gasteiger partial charge is 0.399 e. The fraction of sp³-hybridized carbons (Fsp3) is 0.500. The van der Waals surface area contributed by atoms with Crippen molar-refractivity contribution in [1.29, 1.82) is 0 Å². The summed E-state index contributed by atoms with van der Waals surface area (Å²) in [6.07, 6.45) is 3.95. The van der Waals surface area contributed by atoms with E-state index in [0.29, 0.717) is 6.10 Å². The molecule has 1 atom stereocenters. The molecular weight excluding hydrogens is 188 g/mol. The van der Waals surface area contributed by atoms with Crippen LogP contribution in [-0.4, -0.2) is 19.3 Å². The number of anilines is 2. The number of hydrogen-bond acceptors (Lipinski definition) is 3. The van der Waals surface area contributed by atoms with Crippen LogP contribution in [0.4, 0.5) is 11.4 Å². The Bertz CT molecular complexity index is 308. The van der Waals surface area contributed by atoms with Gasteiger partial charge in [0.2, 0.25) is 0 Å². The van der Waals surface area contributed by atoms with Crippen molar-refractivity contribution in [1.82, 2.24) is 0 Å². The summed E-state index contributed by atoms with van der Waals surface area (Å²) in [4.78, 5) is 0. The molecule has 0 aliphatic carbocycles. The van der Waals surface area contributed by atoms with Crippen molar-refractivity contribution in [3.05, 3.63) is 24.3 Å². The van der Waals surface area contributed by atoms with Gasteiger partial charge in [-0.2, -0.15) is 0 Å². The van der Waals surface area contributed by atoms with Crippen molar-refractivity contribution in [3.8, 4) is 0 Å². The van der Waals surface area contributed by atoms with Gasteiger partial charge in [0.15, 0.2) is 0 Å². The average Bonchev–Trinajstić information content (AvgIpc) is 2.71. The molecule has 0 bridgehead atoms. The van der Waals surface area contributed by atoms with E-state index in [9.17, 15) is 0 Å². The van der Waals surface area contributed by atoms with Crippen LogP contribution in [0.5, 0.6) is 0 Å². The van der Waals surface area contributed by atoms with Crippen LogP contribution in [-0.2, 0) is 4.74 Å². The first-order valence-electron chi connectivity index (χ1n) is 5.55. The van der Waals surface area contributed by atoms with E-state index in [1.54, 1.807) is 0 Å². The number of benzene rings is 1. The number of rotatable bonds is 4. The van der Waals surface area contributed by atoms with Crippen molar-refractivity contribution in [2.45, 2.75) is 25.4 Å². The van der Waals surface area contributed by atoms with Gasteiger partial charge < -0.3 is 15.8 Å². The van der Waals surface area contributed by atoms with Gasteiger partial charge >= 0.3 is 0 Å². The molecule has 1 unspecified atom stereocenters. The number of ether oxygens (including phenoxy) is 1. The summed E-state index contributed by atoms with van der Waals surface area (Å²) in [5.74, 6) is 0. The Balaban J connectivity index is 1.73. The van der Waals surface area contributed by atoms with E-state index in [4.69, 9.17) is 10.5 Å². The molecule has 1 aromatic carbocycles. The van der Waals surface area contributed by atoms with Gasteiger partial charge in [0, 0.05) is 24.5 Å². The lowest BCUT2D eigenvalue weighted by Crippen LogP contribution is -2.12. The minimum Gasteiger partial charge on any atom is -0.399 e. The van der Waals surface area contributed by atoms with Crippen LogP contribution < -0.4 is 11.1 Å². The molecule has 1 saturated heterocycles. The highest BCUT2D eigenvalue weighted by atomic mass is 16.5. The first-order chi connectivity index (χ1) is 7.34. The Kier molecular flexibility index (Phi) is 3.45. The minimum atomic E-state index is 0.457. The average molecular weight is 206 g/mol. The Morgan fingerprint density at radius 3 is 3.13 bits per heavy atom. The summed E-state index contributed by atoms with van der Waals surface area (Å²) in [7, 11) is 0. The van der Waals surface area contributed by atoms with Crippen molar-refractivity contribution in [2.24, 2.45) is 0 Å². The second-order valence-corrected chi connectivity index (χ2v) is 3.98. The normalized spacial score (nSPS) is 20.4. The van der Waals surface area contributed by atoms with E-state index < -0.39 is 0 Å². The van der Waals surface area contributed by atoms with E-state index in [1.807, 2.05) is 24.3 Å². The zero-order valence-electron chi connectivity index (χ0n) is 8.91. The smallest absolute Gasteiger partial charge is 0.0592 e. The van der Waals surface area contributed by atoms with Gasteiger partial charge in [-0.25, -0.2) is 0 Å². The second kappa shape index (κ2) is 5.03. The topological polar surface area (TPSA) is 47.3 Å². The van der Waals surface area contributed by atoms with Crippen molar-refractivity contribution in [3.63, 3.8) is 0 Å². The highest BCUT2D eigenvalue weighted by Gasteiger charge is 2.14. The molecule has 1 aliphatic rings. The molecule has 0 spiro atoms. The van der Waals surface area contributed by atoms with Gasteiger partial charge in [-0.3, -0.25) is 0 Å². The van der Waals surface area contributed by atoms with Crippen LogP contribution in [0.2, 0.25) is 0 Å². The molecule has 1 aliphatic heterocycles. The quantitative estimate of drug-likeness (QED) is 0.743. The minimum absolute atomic E-state index is 0.457. The molecule has 0 saturated carbocycles. The molecule has 3 heteroatoms. The van der Waals surface area contributed by atoms with Crippen LogP contribution in [0.25, 0.3) is 0 Å². The molecule has 82 valence electrons. The summed E-state index contributed by atoms with van der Waals surface area (Å²) in [6.45, 7) is 1.89. The Labute approximate surface area is 90.6 Å². The van der Waals surface area contributed by atoms with E-state index in [0.717, 1.165) is 30.9 Å². The number of hydrogen-bond donors (Lipinski definition) is 2. The van der Waals surface area contributed by atoms with E-state index in [2.05, 4.69) is 5.32 Å². The van der Waals surface area contributed by atoms with E-state index >= 15 is 0 Å². The van der Waals surface area contributed by atoms with Crippen LogP contribution in [0.1, 0.15) is 19.3 Å². The van der Waals surface area contributed by atoms with Crippen molar-refractivity contribution in [2.75, 3.05) is 24.2 Å². The SMILES string of the molecule is Nc1cccc(NCCC2CCCO2)c1. The third kappa shape index (κ3) is 3.13. The highest BCUT2D eigenvalue weighted by molar-refractivity contribution is 5.53. The maximum Gasteiger partial charge on any atom is 0.0592 e. The highest BCUT2D eigenvalue weighted by Crippen LogP contribution is 2.16. The third-order valence-electron chi connectivity index (χ3n) is 2.71. The summed E-state index contributed by atoms with van der Waals surface area (Å²) >= 11 is 0. The van der Waals surface area contributed by atoms with Crippen molar-refractivity contribution >= 4 is 11.4 Å². The Morgan fingerprint density at radius 2 is 2.40 bits per heavy atom. The molecule has 0 amide bonds. The molecule has 2 rings (SSSR count). The molecule has 0 aromatic heterocycles. The van der Waals surface area contributed by atoms with Crippen LogP contribution in [0.3, 0.4) is 0 Å². The lowest BCUT2D eigenvalue weighted by Gasteiger charge is -2.11. The van der Waals surface area contributed by atoms with Gasteiger partial charge in [0.1, 0.15) is 0 Å². The monoisotopic (exact) mass is 206 g/mol. The predicted octanol–water partition coefficient (Wildman–Crippen LogP) is 2.25. The summed E-state index contributed by atoms with van der Waals surface area (Å²) < 4.78 is 5.55. The van der Waals surface area contributed by atoms with Crippen molar-refractivity contribution < 1.29 is 4.74 Å². The lowest BCUT2D eigenvalue weighted by molar-refractivity contribution is 0.107. The lowest BCUT2D eigenvalue weighted by atomic mass is 10.2. The molecule has 1 aromatic rings. The predicted molar refractivity (Wildman–Crippen MR) is 62.9 cm³/mol. The maximum absolute atomic E-state index is 5.69. The maximum atomic E-state index is 5.69. The molecule has 15 heavy (non-hydrogen) atoms. The first kappa shape index (κ1) is 10.3. The summed E-state index contributed by atoms with van der Waals surface area (Å²) in [5.41, 5.74) is 7.58. The first-order valence-corrected chi connectivity index (χ1v) is 5.55. The third-order valence-corrected chi connectivity index (χ3v) is 2.71. The number of nitrogen functional groups attached to an aromatic ring is 1. The van der Waals surface area contributed by atoms with Gasteiger partial charge in [0.05, 0.1) is 6.10 Å².